The van der Waals surface area contributed by atoms with Gasteiger partial charge in [-0.3, -0.25) is 4.79 Å². The first-order valence-corrected chi connectivity index (χ1v) is 5.96. The molecule has 19 heavy (non-hydrogen) atoms. The van der Waals surface area contributed by atoms with Gasteiger partial charge in [-0.15, -0.1) is 0 Å². The first-order valence-electron chi connectivity index (χ1n) is 5.96. The van der Waals surface area contributed by atoms with Gasteiger partial charge in [0, 0.05) is 17.5 Å². The van der Waals surface area contributed by atoms with Gasteiger partial charge in [0.25, 0.3) is 5.56 Å². The predicted octanol–water partition coefficient (Wildman–Crippen LogP) is 2.71. The Morgan fingerprint density at radius 2 is 2.05 bits per heavy atom. The highest BCUT2D eigenvalue weighted by atomic mass is 19.1. The van der Waals surface area contributed by atoms with Crippen LogP contribution in [0.15, 0.2) is 29.1 Å². The second-order valence-corrected chi connectivity index (χ2v) is 4.52. The Kier molecular flexibility index (Phi) is 3.64. The van der Waals surface area contributed by atoms with Crippen molar-refractivity contribution in [2.24, 2.45) is 0 Å². The van der Waals surface area contributed by atoms with E-state index in [0.29, 0.717) is 17.1 Å². The summed E-state index contributed by atoms with van der Waals surface area (Å²) in [5, 5.41) is 0. The Bertz CT molecular complexity index is 650. The van der Waals surface area contributed by atoms with Crippen molar-refractivity contribution in [2.45, 2.75) is 19.8 Å². The second-order valence-electron chi connectivity index (χ2n) is 4.52. The van der Waals surface area contributed by atoms with Gasteiger partial charge in [0.15, 0.2) is 11.6 Å². The third-order valence-corrected chi connectivity index (χ3v) is 2.75. The molecule has 0 aliphatic rings. The maximum Gasteiger partial charge on any atom is 0.251 e. The number of aromatic amines is 1. The summed E-state index contributed by atoms with van der Waals surface area (Å²) in [4.78, 5) is 18.6. The highest BCUT2D eigenvalue weighted by Gasteiger charge is 2.09. The van der Waals surface area contributed by atoms with Crippen LogP contribution < -0.4 is 10.3 Å². The number of nitrogens with one attached hydrogen (secondary N) is 1. The quantitative estimate of drug-likeness (QED) is 0.925. The van der Waals surface area contributed by atoms with Crippen LogP contribution >= 0.6 is 0 Å². The van der Waals surface area contributed by atoms with E-state index in [9.17, 15) is 9.18 Å². The molecule has 1 N–H and O–H groups in total. The summed E-state index contributed by atoms with van der Waals surface area (Å²) < 4.78 is 18.5. The van der Waals surface area contributed by atoms with E-state index in [4.69, 9.17) is 4.74 Å². The molecule has 0 radical (unpaired) electrons. The molecule has 0 saturated carbocycles. The third-order valence-electron chi connectivity index (χ3n) is 2.75. The molecular formula is C14H15FN2O2. The van der Waals surface area contributed by atoms with Crippen molar-refractivity contribution >= 4 is 0 Å². The van der Waals surface area contributed by atoms with Crippen LogP contribution in [-0.4, -0.2) is 17.1 Å². The minimum Gasteiger partial charge on any atom is -0.494 e. The molecule has 1 aromatic carbocycles. The Labute approximate surface area is 110 Å². The average molecular weight is 262 g/mol. The Balaban J connectivity index is 2.52. The Morgan fingerprint density at radius 1 is 1.32 bits per heavy atom. The minimum absolute atomic E-state index is 0.0933. The zero-order valence-electron chi connectivity index (χ0n) is 11.0. The molecule has 0 fully saturated rings. The maximum atomic E-state index is 13.7. The van der Waals surface area contributed by atoms with Crippen molar-refractivity contribution in [3.05, 3.63) is 46.3 Å². The summed E-state index contributed by atoms with van der Waals surface area (Å²) in [5.41, 5.74) is 0.755. The van der Waals surface area contributed by atoms with Crippen molar-refractivity contribution in [2.75, 3.05) is 7.11 Å². The smallest absolute Gasteiger partial charge is 0.251 e. The molecular weight excluding hydrogens is 247 g/mol. The van der Waals surface area contributed by atoms with E-state index >= 15 is 0 Å². The lowest BCUT2D eigenvalue weighted by Gasteiger charge is -2.08. The average Bonchev–Trinajstić information content (AvgIpc) is 2.37. The van der Waals surface area contributed by atoms with Gasteiger partial charge in [-0.2, -0.15) is 0 Å². The largest absolute Gasteiger partial charge is 0.494 e. The molecule has 1 heterocycles. The number of hydrogen-bond donors (Lipinski definition) is 1. The van der Waals surface area contributed by atoms with Gasteiger partial charge < -0.3 is 9.72 Å². The van der Waals surface area contributed by atoms with E-state index in [0.717, 1.165) is 0 Å². The van der Waals surface area contributed by atoms with Crippen LogP contribution in [0, 0.1) is 5.82 Å². The van der Waals surface area contributed by atoms with Crippen LogP contribution in [0.25, 0.3) is 11.3 Å². The zero-order valence-corrected chi connectivity index (χ0v) is 11.0. The lowest BCUT2D eigenvalue weighted by molar-refractivity contribution is 0.386. The molecule has 0 atom stereocenters. The molecule has 0 aliphatic carbocycles. The van der Waals surface area contributed by atoms with Crippen LogP contribution in [0.1, 0.15) is 25.6 Å². The van der Waals surface area contributed by atoms with E-state index in [1.165, 1.54) is 25.3 Å². The van der Waals surface area contributed by atoms with Gasteiger partial charge in [0.2, 0.25) is 0 Å². The summed E-state index contributed by atoms with van der Waals surface area (Å²) in [6.45, 7) is 3.85. The van der Waals surface area contributed by atoms with Crippen LogP contribution in [0.5, 0.6) is 5.75 Å². The van der Waals surface area contributed by atoms with Crippen LogP contribution in [0.4, 0.5) is 4.39 Å². The van der Waals surface area contributed by atoms with E-state index in [-0.39, 0.29) is 17.2 Å². The Morgan fingerprint density at radius 3 is 2.63 bits per heavy atom. The number of H-pyrrole nitrogens is 1. The second kappa shape index (κ2) is 5.22. The van der Waals surface area contributed by atoms with Crippen LogP contribution in [0.3, 0.4) is 0 Å². The molecule has 1 aromatic heterocycles. The number of methoxy groups -OCH3 is 1. The summed E-state index contributed by atoms with van der Waals surface area (Å²) in [7, 11) is 1.40. The molecule has 4 nitrogen and oxygen atoms in total. The highest BCUT2D eigenvalue weighted by molar-refractivity contribution is 5.60. The number of rotatable bonds is 3. The van der Waals surface area contributed by atoms with E-state index in [2.05, 4.69) is 9.97 Å². The molecule has 2 aromatic rings. The Hall–Kier alpha value is -2.17. The van der Waals surface area contributed by atoms with Gasteiger partial charge in [0.05, 0.1) is 12.8 Å². The molecule has 2 rings (SSSR count). The number of nitrogens with zero attached hydrogens (tertiary/aromatic N) is 1. The first-order chi connectivity index (χ1) is 9.01. The van der Waals surface area contributed by atoms with Crippen LogP contribution in [-0.2, 0) is 0 Å². The maximum absolute atomic E-state index is 13.7. The summed E-state index contributed by atoms with van der Waals surface area (Å²) in [6.07, 6.45) is 0. The minimum atomic E-state index is -0.479. The van der Waals surface area contributed by atoms with E-state index < -0.39 is 5.82 Å². The number of halogens is 1. The molecule has 0 unspecified atom stereocenters. The van der Waals surface area contributed by atoms with Gasteiger partial charge in [-0.1, -0.05) is 13.8 Å². The monoisotopic (exact) mass is 262 g/mol. The lowest BCUT2D eigenvalue weighted by Crippen LogP contribution is -2.12. The lowest BCUT2D eigenvalue weighted by atomic mass is 10.1. The van der Waals surface area contributed by atoms with Gasteiger partial charge in [0.1, 0.15) is 5.82 Å². The highest BCUT2D eigenvalue weighted by Crippen LogP contribution is 2.24. The van der Waals surface area contributed by atoms with E-state index in [1.54, 1.807) is 6.07 Å². The summed E-state index contributed by atoms with van der Waals surface area (Å²) >= 11 is 0. The number of hydrogen-bond acceptors (Lipinski definition) is 3. The molecule has 100 valence electrons. The zero-order chi connectivity index (χ0) is 14.0. The summed E-state index contributed by atoms with van der Waals surface area (Å²) in [6, 6.07) is 5.86. The number of ether oxygens (including phenoxy) is 1. The fourth-order valence-electron chi connectivity index (χ4n) is 1.72. The van der Waals surface area contributed by atoms with Crippen molar-refractivity contribution in [1.82, 2.24) is 9.97 Å². The number of benzene rings is 1. The standard InChI is InChI=1S/C14H15FN2O2/c1-8(2)14-16-11(7-13(18)17-14)9-4-5-12(19-3)10(15)6-9/h4-8H,1-3H3,(H,16,17,18). The molecule has 0 saturated heterocycles. The molecule has 0 aliphatic heterocycles. The van der Waals surface area contributed by atoms with Crippen molar-refractivity contribution in [3.8, 4) is 17.0 Å². The number of aromatic nitrogens is 2. The fraction of sp³-hybridized carbons (Fsp3) is 0.286. The van der Waals surface area contributed by atoms with Crippen LogP contribution in [0.2, 0.25) is 0 Å². The fourth-order valence-corrected chi connectivity index (χ4v) is 1.72. The van der Waals surface area contributed by atoms with E-state index in [1.807, 2.05) is 13.8 Å². The van der Waals surface area contributed by atoms with Crippen molar-refractivity contribution in [3.63, 3.8) is 0 Å². The van der Waals surface area contributed by atoms with Crippen molar-refractivity contribution < 1.29 is 9.13 Å². The first kappa shape index (κ1) is 13.3. The van der Waals surface area contributed by atoms with Gasteiger partial charge in [-0.25, -0.2) is 9.37 Å². The molecule has 0 spiro atoms. The normalized spacial score (nSPS) is 10.8. The molecule has 0 amide bonds. The van der Waals surface area contributed by atoms with Gasteiger partial charge in [-0.05, 0) is 18.2 Å². The van der Waals surface area contributed by atoms with Crippen molar-refractivity contribution in [1.29, 1.82) is 0 Å². The topological polar surface area (TPSA) is 55.0 Å². The summed E-state index contributed by atoms with van der Waals surface area (Å²) in [5.74, 6) is 0.361. The van der Waals surface area contributed by atoms with Gasteiger partial charge >= 0.3 is 0 Å². The molecule has 5 heteroatoms. The third kappa shape index (κ3) is 2.81. The SMILES string of the molecule is COc1ccc(-c2cc(=O)[nH]c(C(C)C)n2)cc1F. The molecule has 0 bridgehead atoms. The predicted molar refractivity (Wildman–Crippen MR) is 70.9 cm³/mol.